The van der Waals surface area contributed by atoms with E-state index in [4.69, 9.17) is 9.47 Å². The van der Waals surface area contributed by atoms with E-state index in [9.17, 15) is 9.59 Å². The second kappa shape index (κ2) is 4.85. The van der Waals surface area contributed by atoms with Crippen LogP contribution in [0.1, 0.15) is 13.8 Å². The zero-order valence-electron chi connectivity index (χ0n) is 11.8. The van der Waals surface area contributed by atoms with Gasteiger partial charge >= 0.3 is 0 Å². The maximum absolute atomic E-state index is 12.6. The van der Waals surface area contributed by atoms with Gasteiger partial charge in [-0.3, -0.25) is 9.59 Å². The molecule has 0 aromatic rings. The van der Waals surface area contributed by atoms with Gasteiger partial charge in [0.25, 0.3) is 0 Å². The number of hydrogen-bond donors (Lipinski definition) is 0. The lowest BCUT2D eigenvalue weighted by Crippen LogP contribution is -2.32. The van der Waals surface area contributed by atoms with Crippen molar-refractivity contribution in [2.75, 3.05) is 39.4 Å². The lowest BCUT2D eigenvalue weighted by Gasteiger charge is -2.24. The van der Waals surface area contributed by atoms with Gasteiger partial charge in [0.1, 0.15) is 11.4 Å². The quantitative estimate of drug-likeness (QED) is 0.513. The van der Waals surface area contributed by atoms with Crippen molar-refractivity contribution in [3.63, 3.8) is 0 Å². The lowest BCUT2D eigenvalue weighted by atomic mass is 10.0. The fraction of sp³-hybridized carbons (Fsp3) is 0.571. The highest BCUT2D eigenvalue weighted by Crippen LogP contribution is 2.34. The third-order valence-electron chi connectivity index (χ3n) is 3.38. The van der Waals surface area contributed by atoms with Crippen LogP contribution in [-0.4, -0.2) is 60.8 Å². The van der Waals surface area contributed by atoms with E-state index in [0.717, 1.165) is 26.2 Å². The molecule has 6 heteroatoms. The molecule has 2 saturated heterocycles. The van der Waals surface area contributed by atoms with Gasteiger partial charge in [0, 0.05) is 26.2 Å². The van der Waals surface area contributed by atoms with Crippen molar-refractivity contribution in [2.45, 2.75) is 13.8 Å². The number of ketones is 2. The van der Waals surface area contributed by atoms with Gasteiger partial charge in [-0.05, 0) is 13.8 Å². The van der Waals surface area contributed by atoms with Crippen LogP contribution in [0.4, 0.5) is 0 Å². The van der Waals surface area contributed by atoms with E-state index in [1.54, 1.807) is 0 Å². The molecule has 3 aliphatic rings. The van der Waals surface area contributed by atoms with Crippen LogP contribution >= 0.6 is 0 Å². The molecular formula is C14H18N2O4. The minimum Gasteiger partial charge on any atom is -0.488 e. The van der Waals surface area contributed by atoms with Crippen molar-refractivity contribution in [3.8, 4) is 0 Å². The standard InChI is InChI=1S/C14H18N2O4/c1-3-19-13-9(15-5-6-15)12(18)14(20-4-2)10(11(13)17)16-7-8-16/h3-8H2,1-2H3. The molecule has 0 aromatic carbocycles. The average Bonchev–Trinajstić information content (AvgIpc) is 3.26. The molecule has 0 amide bonds. The van der Waals surface area contributed by atoms with E-state index >= 15 is 0 Å². The Morgan fingerprint density at radius 3 is 1.40 bits per heavy atom. The zero-order chi connectivity index (χ0) is 14.3. The SMILES string of the molecule is CCOC1=C(N2CC2)C(=O)C(OCC)=C(N2CC2)C1=O. The van der Waals surface area contributed by atoms with Gasteiger partial charge < -0.3 is 19.3 Å². The van der Waals surface area contributed by atoms with E-state index in [2.05, 4.69) is 0 Å². The Morgan fingerprint density at radius 2 is 1.15 bits per heavy atom. The number of ether oxygens (including phenoxy) is 2. The molecule has 0 N–H and O–H groups in total. The molecule has 0 saturated carbocycles. The van der Waals surface area contributed by atoms with Crippen molar-refractivity contribution < 1.29 is 19.1 Å². The summed E-state index contributed by atoms with van der Waals surface area (Å²) in [6, 6.07) is 0. The fourth-order valence-electron chi connectivity index (χ4n) is 2.31. The fourth-order valence-corrected chi connectivity index (χ4v) is 2.31. The minimum atomic E-state index is -0.228. The Labute approximate surface area is 117 Å². The first-order valence-electron chi connectivity index (χ1n) is 7.02. The highest BCUT2D eigenvalue weighted by atomic mass is 16.5. The minimum absolute atomic E-state index is 0.181. The molecule has 2 fully saturated rings. The van der Waals surface area contributed by atoms with Crippen LogP contribution in [0.5, 0.6) is 0 Å². The molecular weight excluding hydrogens is 260 g/mol. The van der Waals surface area contributed by atoms with E-state index in [1.807, 2.05) is 23.6 Å². The summed E-state index contributed by atoms with van der Waals surface area (Å²) >= 11 is 0. The van der Waals surface area contributed by atoms with Gasteiger partial charge in [-0.15, -0.1) is 0 Å². The van der Waals surface area contributed by atoms with E-state index in [-0.39, 0.29) is 23.1 Å². The van der Waals surface area contributed by atoms with Crippen LogP contribution in [-0.2, 0) is 19.1 Å². The van der Waals surface area contributed by atoms with Crippen molar-refractivity contribution >= 4 is 11.6 Å². The van der Waals surface area contributed by atoms with Crippen molar-refractivity contribution in [3.05, 3.63) is 22.9 Å². The van der Waals surface area contributed by atoms with Crippen LogP contribution in [0.15, 0.2) is 22.9 Å². The Bertz CT molecular complexity index is 479. The molecule has 108 valence electrons. The first-order valence-corrected chi connectivity index (χ1v) is 7.02. The molecule has 1 aliphatic carbocycles. The van der Waals surface area contributed by atoms with Gasteiger partial charge in [-0.1, -0.05) is 0 Å². The van der Waals surface area contributed by atoms with E-state index < -0.39 is 0 Å². The van der Waals surface area contributed by atoms with Crippen LogP contribution in [0, 0.1) is 0 Å². The molecule has 20 heavy (non-hydrogen) atoms. The maximum atomic E-state index is 12.6. The van der Waals surface area contributed by atoms with Gasteiger partial charge in [-0.25, -0.2) is 0 Å². The van der Waals surface area contributed by atoms with Crippen LogP contribution in [0.3, 0.4) is 0 Å². The number of hydrogen-bond acceptors (Lipinski definition) is 6. The molecule has 3 rings (SSSR count). The predicted molar refractivity (Wildman–Crippen MR) is 70.5 cm³/mol. The third kappa shape index (κ3) is 2.05. The molecule has 0 radical (unpaired) electrons. The topological polar surface area (TPSA) is 58.6 Å². The summed E-state index contributed by atoms with van der Waals surface area (Å²) < 4.78 is 10.9. The Morgan fingerprint density at radius 1 is 0.800 bits per heavy atom. The molecule has 0 atom stereocenters. The predicted octanol–water partition coefficient (Wildman–Crippen LogP) is 0.266. The number of nitrogens with zero attached hydrogens (tertiary/aromatic N) is 2. The second-order valence-corrected chi connectivity index (χ2v) is 4.85. The molecule has 6 nitrogen and oxygen atoms in total. The maximum Gasteiger partial charge on any atom is 0.249 e. The van der Waals surface area contributed by atoms with Crippen LogP contribution in [0.2, 0.25) is 0 Å². The monoisotopic (exact) mass is 278 g/mol. The smallest absolute Gasteiger partial charge is 0.249 e. The summed E-state index contributed by atoms with van der Waals surface area (Å²) in [6.07, 6.45) is 0. The molecule has 2 aliphatic heterocycles. The second-order valence-electron chi connectivity index (χ2n) is 4.85. The molecule has 0 unspecified atom stereocenters. The molecule has 0 bridgehead atoms. The van der Waals surface area contributed by atoms with Crippen molar-refractivity contribution in [1.82, 2.24) is 9.80 Å². The largest absolute Gasteiger partial charge is 0.488 e. The molecule has 0 spiro atoms. The molecule has 2 heterocycles. The van der Waals surface area contributed by atoms with E-state index in [1.165, 1.54) is 0 Å². The first-order chi connectivity index (χ1) is 9.69. The number of Topliss-reactive ketones (excluding diaryl/α,β-unsaturated/α-hetero) is 2. The number of carbonyl (C=O) groups excluding carboxylic acids is 2. The summed E-state index contributed by atoms with van der Waals surface area (Å²) in [6.45, 7) is 7.47. The summed E-state index contributed by atoms with van der Waals surface area (Å²) in [7, 11) is 0. The van der Waals surface area contributed by atoms with Gasteiger partial charge in [0.15, 0.2) is 11.5 Å². The summed E-state index contributed by atoms with van der Waals surface area (Å²) in [5.41, 5.74) is 0.733. The van der Waals surface area contributed by atoms with Crippen molar-refractivity contribution in [2.24, 2.45) is 0 Å². The summed E-state index contributed by atoms with van der Waals surface area (Å²) in [4.78, 5) is 29.0. The summed E-state index contributed by atoms with van der Waals surface area (Å²) in [5.74, 6) is -0.0932. The first kappa shape index (κ1) is 13.0. The van der Waals surface area contributed by atoms with Crippen LogP contribution < -0.4 is 0 Å². The molecule has 0 aromatic heterocycles. The highest BCUT2D eigenvalue weighted by molar-refractivity contribution is 6.23. The Kier molecular flexibility index (Phi) is 3.16. The zero-order valence-corrected chi connectivity index (χ0v) is 11.8. The normalized spacial score (nSPS) is 21.7. The summed E-state index contributed by atoms with van der Waals surface area (Å²) in [5, 5.41) is 0. The Balaban J connectivity index is 2.04. The highest BCUT2D eigenvalue weighted by Gasteiger charge is 2.45. The number of rotatable bonds is 6. The van der Waals surface area contributed by atoms with Crippen LogP contribution in [0.25, 0.3) is 0 Å². The average molecular weight is 278 g/mol. The van der Waals surface area contributed by atoms with Gasteiger partial charge in [-0.2, -0.15) is 0 Å². The van der Waals surface area contributed by atoms with Crippen molar-refractivity contribution in [1.29, 1.82) is 0 Å². The number of carbonyl (C=O) groups is 2. The van der Waals surface area contributed by atoms with E-state index in [0.29, 0.717) is 24.6 Å². The van der Waals surface area contributed by atoms with Gasteiger partial charge in [0.05, 0.1) is 13.2 Å². The third-order valence-corrected chi connectivity index (χ3v) is 3.38. The lowest BCUT2D eigenvalue weighted by molar-refractivity contribution is -0.123. The van der Waals surface area contributed by atoms with Gasteiger partial charge in [0.2, 0.25) is 11.6 Å². The Hall–Kier alpha value is -1.98.